The fraction of sp³-hybridized carbons (Fsp3) is 0.619. The second kappa shape index (κ2) is 22.6. The molecule has 3 heterocycles. The van der Waals surface area contributed by atoms with Crippen molar-refractivity contribution in [3.05, 3.63) is 52.6 Å². The third kappa shape index (κ3) is 14.7. The first kappa shape index (κ1) is 47.9. The highest BCUT2D eigenvalue weighted by Crippen LogP contribution is 2.44. The van der Waals surface area contributed by atoms with E-state index in [-0.39, 0.29) is 72.5 Å². The molecule has 16 heteroatoms. The fourth-order valence-electron chi connectivity index (χ4n) is 6.92. The molecule has 1 aromatic carbocycles. The second-order valence-electron chi connectivity index (χ2n) is 15.6. The molecule has 4 rings (SSSR count). The Hall–Kier alpha value is -4.47. The van der Waals surface area contributed by atoms with E-state index in [0.717, 1.165) is 24.8 Å². The zero-order valence-electron chi connectivity index (χ0n) is 34.9. The average Bonchev–Trinajstić information content (AvgIpc) is 3.72. The number of likely N-dealkylation sites (N-methyl/N-ethyl adjacent to an activating group) is 1. The van der Waals surface area contributed by atoms with E-state index in [1.807, 2.05) is 31.2 Å². The van der Waals surface area contributed by atoms with Gasteiger partial charge in [-0.25, -0.2) is 9.59 Å². The molecular weight excluding hydrogens is 770 g/mol. The number of aliphatic carboxylic acids is 1. The lowest BCUT2D eigenvalue weighted by Crippen LogP contribution is -2.45. The number of carboxylic acid groups (broad SMARTS) is 1. The third-order valence-electron chi connectivity index (χ3n) is 10.9. The Balaban J connectivity index is 0.000000331. The van der Waals surface area contributed by atoms with Gasteiger partial charge in [-0.2, -0.15) is 0 Å². The van der Waals surface area contributed by atoms with Crippen LogP contribution in [0.3, 0.4) is 0 Å². The number of nitrogens with zero attached hydrogens (tertiary/aromatic N) is 2. The predicted molar refractivity (Wildman–Crippen MR) is 219 cm³/mol. The Morgan fingerprint density at radius 3 is 2.55 bits per heavy atom. The molecule has 58 heavy (non-hydrogen) atoms. The van der Waals surface area contributed by atoms with Crippen LogP contribution in [0.25, 0.3) is 0 Å². The number of cyclic esters (lactones) is 1. The molecule has 0 bridgehead atoms. The smallest absolute Gasteiger partial charge is 0.407 e. The van der Waals surface area contributed by atoms with Crippen LogP contribution in [0.15, 0.2) is 42.0 Å². The molecule has 7 atom stereocenters. The number of imide groups is 1. The lowest BCUT2D eigenvalue weighted by molar-refractivity contribution is -0.148. The first-order chi connectivity index (χ1) is 27.4. The molecule has 5 N–H and O–H groups in total. The number of amides is 5. The second-order valence-corrected chi connectivity index (χ2v) is 16.0. The van der Waals surface area contributed by atoms with Gasteiger partial charge < -0.3 is 40.6 Å². The summed E-state index contributed by atoms with van der Waals surface area (Å²) in [5.41, 5.74) is 7.74. The van der Waals surface area contributed by atoms with E-state index in [9.17, 15) is 28.8 Å². The third-order valence-corrected chi connectivity index (χ3v) is 11.2. The van der Waals surface area contributed by atoms with Gasteiger partial charge >= 0.3 is 12.1 Å². The molecule has 5 amide bonds. The summed E-state index contributed by atoms with van der Waals surface area (Å²) < 4.78 is 16.6. The number of alkyl carbamates (subject to hydrolysis) is 1. The van der Waals surface area contributed by atoms with Crippen LogP contribution in [0.4, 0.5) is 4.79 Å². The number of carbonyl (C=O) groups excluding carboxylic acids is 5. The molecule has 1 aromatic rings. The van der Waals surface area contributed by atoms with E-state index in [2.05, 4.69) is 29.7 Å². The number of likely N-dealkylation sites (tertiary alicyclic amines) is 1. The van der Waals surface area contributed by atoms with E-state index in [4.69, 9.17) is 36.7 Å². The van der Waals surface area contributed by atoms with E-state index in [0.29, 0.717) is 55.8 Å². The number of halogens is 1. The van der Waals surface area contributed by atoms with Crippen molar-refractivity contribution in [3.63, 3.8) is 0 Å². The van der Waals surface area contributed by atoms with Gasteiger partial charge in [0.25, 0.3) is 0 Å². The monoisotopic (exact) mass is 831 g/mol. The zero-order chi connectivity index (χ0) is 43.2. The first-order valence-corrected chi connectivity index (χ1v) is 20.3. The van der Waals surface area contributed by atoms with Crippen molar-refractivity contribution in [1.29, 1.82) is 0 Å². The van der Waals surface area contributed by atoms with Crippen molar-refractivity contribution in [2.45, 2.75) is 134 Å². The molecule has 3 fully saturated rings. The summed E-state index contributed by atoms with van der Waals surface area (Å²) in [6, 6.07) is 4.63. The van der Waals surface area contributed by atoms with E-state index < -0.39 is 17.9 Å². The maximum Gasteiger partial charge on any atom is 0.407 e. The van der Waals surface area contributed by atoms with Crippen molar-refractivity contribution >= 4 is 47.3 Å². The Morgan fingerprint density at radius 1 is 1.19 bits per heavy atom. The summed E-state index contributed by atoms with van der Waals surface area (Å²) in [6.07, 6.45) is 11.9. The number of methoxy groups -OCH3 is 1. The summed E-state index contributed by atoms with van der Waals surface area (Å²) in [5.74, 6) is -1.40. The minimum atomic E-state index is -1.04. The van der Waals surface area contributed by atoms with Gasteiger partial charge in [0.15, 0.2) is 0 Å². The van der Waals surface area contributed by atoms with Crippen molar-refractivity contribution < 1.29 is 48.1 Å². The van der Waals surface area contributed by atoms with Crippen LogP contribution >= 0.6 is 11.6 Å². The van der Waals surface area contributed by atoms with Crippen molar-refractivity contribution in [2.24, 2.45) is 11.7 Å². The van der Waals surface area contributed by atoms with Crippen LogP contribution in [0.2, 0.25) is 5.02 Å². The number of rotatable bonds is 20. The summed E-state index contributed by atoms with van der Waals surface area (Å²) in [5, 5.41) is 15.0. The van der Waals surface area contributed by atoms with Gasteiger partial charge in [-0.3, -0.25) is 24.1 Å². The number of benzene rings is 1. The number of unbranched alkanes of at least 4 members (excludes halogenated alkanes) is 2. The van der Waals surface area contributed by atoms with E-state index in [1.54, 1.807) is 21.1 Å². The SMILES string of the molecule is CC(N)C1CC(=O)N(CCCCCC(=O)N(C)C(C)C(=O)O)C1=O.CNC(=O)CC[C@]1(C)O[C@H]1CC1CC(C/C=C/C=C(\C)Cc2ccc(Cl)c(OC)c2)NC(=O)O1. The zero-order valence-corrected chi connectivity index (χ0v) is 35.6. The lowest BCUT2D eigenvalue weighted by Gasteiger charge is -2.29. The van der Waals surface area contributed by atoms with Gasteiger partial charge in [-0.05, 0) is 77.5 Å². The molecule has 15 nitrogen and oxygen atoms in total. The Bertz CT molecular complexity index is 1680. The Morgan fingerprint density at radius 2 is 1.91 bits per heavy atom. The molecule has 3 saturated heterocycles. The summed E-state index contributed by atoms with van der Waals surface area (Å²) in [6.45, 7) is 7.61. The Kier molecular flexibility index (Phi) is 18.7. The number of epoxide rings is 1. The summed E-state index contributed by atoms with van der Waals surface area (Å²) in [4.78, 5) is 72.6. The highest BCUT2D eigenvalue weighted by atomic mass is 35.5. The van der Waals surface area contributed by atoms with Gasteiger partial charge in [0.1, 0.15) is 17.9 Å². The van der Waals surface area contributed by atoms with Crippen LogP contribution in [0.5, 0.6) is 5.75 Å². The van der Waals surface area contributed by atoms with Gasteiger partial charge in [0, 0.05) is 64.8 Å². The largest absolute Gasteiger partial charge is 0.495 e. The number of hydrogen-bond donors (Lipinski definition) is 4. The van der Waals surface area contributed by atoms with Crippen molar-refractivity contribution in [2.75, 3.05) is 27.7 Å². The lowest BCUT2D eigenvalue weighted by atomic mass is 9.94. The van der Waals surface area contributed by atoms with Crippen LogP contribution < -0.4 is 21.1 Å². The van der Waals surface area contributed by atoms with Crippen molar-refractivity contribution in [1.82, 2.24) is 20.4 Å². The minimum absolute atomic E-state index is 0.00722. The molecule has 3 aliphatic heterocycles. The minimum Gasteiger partial charge on any atom is -0.495 e. The molecule has 0 radical (unpaired) electrons. The van der Waals surface area contributed by atoms with Gasteiger partial charge in [-0.15, -0.1) is 0 Å². The van der Waals surface area contributed by atoms with Crippen LogP contribution in [-0.4, -0.2) is 114 Å². The number of hydrogen-bond acceptors (Lipinski definition) is 10. The molecule has 5 unspecified atom stereocenters. The van der Waals surface area contributed by atoms with Crippen LogP contribution in [-0.2, 0) is 39.9 Å². The highest BCUT2D eigenvalue weighted by Gasteiger charge is 2.53. The average molecular weight is 832 g/mol. The van der Waals surface area contributed by atoms with E-state index in [1.165, 1.54) is 29.3 Å². The number of ether oxygens (including phenoxy) is 3. The summed E-state index contributed by atoms with van der Waals surface area (Å²) >= 11 is 6.09. The van der Waals surface area contributed by atoms with Gasteiger partial charge in [0.05, 0.1) is 29.8 Å². The van der Waals surface area contributed by atoms with Gasteiger partial charge in [0.2, 0.25) is 23.6 Å². The molecule has 0 saturated carbocycles. The number of allylic oxidation sites excluding steroid dienone is 3. The maximum atomic E-state index is 12.1. The number of nitrogens with two attached hydrogens (primary N) is 1. The molecule has 0 aromatic heterocycles. The fourth-order valence-corrected chi connectivity index (χ4v) is 7.11. The van der Waals surface area contributed by atoms with Crippen LogP contribution in [0, 0.1) is 5.92 Å². The van der Waals surface area contributed by atoms with Gasteiger partial charge in [-0.1, -0.05) is 47.9 Å². The quantitative estimate of drug-likeness (QED) is 0.0600. The van der Waals surface area contributed by atoms with E-state index >= 15 is 0 Å². The van der Waals surface area contributed by atoms with Crippen molar-refractivity contribution in [3.8, 4) is 5.75 Å². The summed E-state index contributed by atoms with van der Waals surface area (Å²) in [7, 11) is 4.71. The molecular formula is C42H62ClN5O10. The number of carboxylic acids is 1. The molecule has 0 spiro atoms. The predicted octanol–water partition coefficient (Wildman–Crippen LogP) is 4.93. The molecule has 322 valence electrons. The topological polar surface area (TPSA) is 210 Å². The number of carbonyl (C=O) groups is 6. The number of nitrogens with one attached hydrogen (secondary N) is 2. The standard InChI is InChI=1S/C26H35ClN2O5.C16H27N3O5/c1-17(13-18-9-10-21(27)22(14-18)32-4)7-5-6-8-19-15-20(33-25(31)29-19)16-23-26(2,34-23)12-11-24(30)28-3;1-10(17)12-9-14(21)19(15(12)22)8-6-4-5-7-13(20)18(3)11(2)16(23)24/h5-7,9-10,14,19-20,23H,8,11-13,15-16H2,1-4H3,(H,28,30)(H,29,31);10-12H,4-9,17H2,1-3H3,(H,23,24)/b6-5+,17-7+;/t19?,20?,23-,26-;/m0./s1. The maximum absolute atomic E-state index is 12.1. The Labute approximate surface area is 347 Å². The normalized spacial score (nSPS) is 24.0. The molecule has 0 aliphatic carbocycles. The highest BCUT2D eigenvalue weighted by molar-refractivity contribution is 6.32. The van der Waals surface area contributed by atoms with Crippen LogP contribution in [0.1, 0.15) is 97.5 Å². The molecule has 3 aliphatic rings. The first-order valence-electron chi connectivity index (χ1n) is 20.0.